The van der Waals surface area contributed by atoms with Crippen molar-refractivity contribution in [1.82, 2.24) is 4.98 Å². The van der Waals surface area contributed by atoms with Crippen LogP contribution in [-0.2, 0) is 6.18 Å². The van der Waals surface area contributed by atoms with E-state index in [0.29, 0.717) is 0 Å². The highest BCUT2D eigenvalue weighted by Gasteiger charge is 2.37. The summed E-state index contributed by atoms with van der Waals surface area (Å²) < 4.78 is 37.4. The number of hydrogen-bond acceptors (Lipinski definition) is 3. The maximum absolute atomic E-state index is 12.5. The number of anilines is 1. The van der Waals surface area contributed by atoms with Crippen LogP contribution in [0.15, 0.2) is 12.3 Å². The zero-order valence-electron chi connectivity index (χ0n) is 7.18. The lowest BCUT2D eigenvalue weighted by molar-refractivity contribution is -0.137. The third-order valence-electron chi connectivity index (χ3n) is 1.61. The highest BCUT2D eigenvalue weighted by atomic mass is 19.4. The number of alkyl halides is 3. The fourth-order valence-electron chi connectivity index (χ4n) is 1.04. The molecule has 0 bridgehead atoms. The molecule has 0 aromatic carbocycles. The summed E-state index contributed by atoms with van der Waals surface area (Å²) >= 11 is 0. The Balaban J connectivity index is 3.44. The third-order valence-corrected chi connectivity index (χ3v) is 1.61. The maximum atomic E-state index is 12.5. The molecule has 1 rings (SSSR count). The number of nitrogens with one attached hydrogen (secondary N) is 1. The fraction of sp³-hybridized carbons (Fsp3) is 0.250. The second-order valence-corrected chi connectivity index (χ2v) is 2.44. The van der Waals surface area contributed by atoms with Gasteiger partial charge >= 0.3 is 6.18 Å². The van der Waals surface area contributed by atoms with E-state index in [1.807, 2.05) is 0 Å². The molecule has 0 unspecified atom stereocenters. The summed E-state index contributed by atoms with van der Waals surface area (Å²) in [7, 11) is 1.35. The molecule has 1 aromatic rings. The smallest absolute Gasteiger partial charge is 0.387 e. The lowest BCUT2D eigenvalue weighted by Crippen LogP contribution is -2.12. The molecule has 74 valence electrons. The minimum absolute atomic E-state index is 0.149. The van der Waals surface area contributed by atoms with Crippen LogP contribution in [0, 0.1) is 11.3 Å². The standard InChI is InChI=1S/C8H6F3N3/c1-13-5-2-3-14-6(4-12)7(5)8(9,10)11/h2-3H,1H3,(H,13,14). The van der Waals surface area contributed by atoms with E-state index in [2.05, 4.69) is 10.3 Å². The molecule has 0 fully saturated rings. The molecule has 6 heteroatoms. The summed E-state index contributed by atoms with van der Waals surface area (Å²) in [5, 5.41) is 10.8. The lowest BCUT2D eigenvalue weighted by atomic mass is 10.1. The van der Waals surface area contributed by atoms with Crippen molar-refractivity contribution in [3.05, 3.63) is 23.5 Å². The van der Waals surface area contributed by atoms with Gasteiger partial charge in [0.05, 0.1) is 5.69 Å². The van der Waals surface area contributed by atoms with Gasteiger partial charge in [0.2, 0.25) is 0 Å². The normalized spacial score (nSPS) is 10.8. The van der Waals surface area contributed by atoms with E-state index in [-0.39, 0.29) is 5.69 Å². The summed E-state index contributed by atoms with van der Waals surface area (Å²) in [6.45, 7) is 0. The molecule has 0 aliphatic heterocycles. The van der Waals surface area contributed by atoms with Crippen molar-refractivity contribution in [2.75, 3.05) is 12.4 Å². The Labute approximate surface area is 78.2 Å². The number of rotatable bonds is 1. The van der Waals surface area contributed by atoms with Crippen LogP contribution in [0.1, 0.15) is 11.3 Å². The maximum Gasteiger partial charge on any atom is 0.421 e. The van der Waals surface area contributed by atoms with Crippen LogP contribution in [0.4, 0.5) is 18.9 Å². The SMILES string of the molecule is CNc1ccnc(C#N)c1C(F)(F)F. The fourth-order valence-corrected chi connectivity index (χ4v) is 1.04. The quantitative estimate of drug-likeness (QED) is 0.756. The summed E-state index contributed by atoms with van der Waals surface area (Å²) in [5.41, 5.74) is -1.79. The number of pyridine rings is 1. The highest BCUT2D eigenvalue weighted by molar-refractivity contribution is 5.56. The Kier molecular flexibility index (Phi) is 2.60. The van der Waals surface area contributed by atoms with E-state index in [0.717, 1.165) is 6.20 Å². The van der Waals surface area contributed by atoms with E-state index in [4.69, 9.17) is 5.26 Å². The van der Waals surface area contributed by atoms with Crippen molar-refractivity contribution < 1.29 is 13.2 Å². The minimum atomic E-state index is -4.57. The van der Waals surface area contributed by atoms with E-state index in [1.54, 1.807) is 0 Å². The van der Waals surface area contributed by atoms with Gasteiger partial charge in [0.1, 0.15) is 11.6 Å². The van der Waals surface area contributed by atoms with Gasteiger partial charge in [0.15, 0.2) is 5.69 Å². The van der Waals surface area contributed by atoms with Gasteiger partial charge in [0.25, 0.3) is 0 Å². The Morgan fingerprint density at radius 2 is 2.14 bits per heavy atom. The molecule has 0 aliphatic rings. The summed E-state index contributed by atoms with van der Waals surface area (Å²) in [6, 6.07) is 2.58. The van der Waals surface area contributed by atoms with Gasteiger partial charge in [0, 0.05) is 13.2 Å². The molecule has 1 heterocycles. The van der Waals surface area contributed by atoms with Crippen LogP contribution in [-0.4, -0.2) is 12.0 Å². The van der Waals surface area contributed by atoms with E-state index < -0.39 is 17.4 Å². The highest BCUT2D eigenvalue weighted by Crippen LogP contribution is 2.35. The zero-order chi connectivity index (χ0) is 10.8. The van der Waals surface area contributed by atoms with Crippen molar-refractivity contribution in [2.45, 2.75) is 6.18 Å². The van der Waals surface area contributed by atoms with Gasteiger partial charge in [-0.3, -0.25) is 0 Å². The summed E-state index contributed by atoms with van der Waals surface area (Å²) in [4.78, 5) is 3.35. The Hall–Kier alpha value is -1.77. The van der Waals surface area contributed by atoms with Gasteiger partial charge in [-0.25, -0.2) is 4.98 Å². The number of halogens is 3. The number of aromatic nitrogens is 1. The first kappa shape index (κ1) is 10.3. The van der Waals surface area contributed by atoms with Crippen LogP contribution in [0.25, 0.3) is 0 Å². The average molecular weight is 201 g/mol. The molecule has 0 saturated heterocycles. The predicted octanol–water partition coefficient (Wildman–Crippen LogP) is 2.01. The molecule has 0 amide bonds. The molecular weight excluding hydrogens is 195 g/mol. The first-order chi connectivity index (χ1) is 6.50. The van der Waals surface area contributed by atoms with E-state index in [1.165, 1.54) is 19.2 Å². The van der Waals surface area contributed by atoms with E-state index in [9.17, 15) is 13.2 Å². The van der Waals surface area contributed by atoms with Crippen LogP contribution in [0.2, 0.25) is 0 Å². The second kappa shape index (κ2) is 3.54. The van der Waals surface area contributed by atoms with Gasteiger partial charge in [-0.05, 0) is 6.07 Å². The molecule has 0 atom stereocenters. The largest absolute Gasteiger partial charge is 0.421 e. The van der Waals surface area contributed by atoms with Crippen LogP contribution < -0.4 is 5.32 Å². The van der Waals surface area contributed by atoms with Crippen LogP contribution >= 0.6 is 0 Å². The zero-order valence-corrected chi connectivity index (χ0v) is 7.18. The van der Waals surface area contributed by atoms with Gasteiger partial charge in [-0.15, -0.1) is 0 Å². The van der Waals surface area contributed by atoms with Crippen LogP contribution in [0.3, 0.4) is 0 Å². The predicted molar refractivity (Wildman–Crippen MR) is 43.5 cm³/mol. The number of nitriles is 1. The van der Waals surface area contributed by atoms with Gasteiger partial charge in [-0.1, -0.05) is 0 Å². The first-order valence-electron chi connectivity index (χ1n) is 3.64. The summed E-state index contributed by atoms with van der Waals surface area (Å²) in [5.74, 6) is 0. The third kappa shape index (κ3) is 1.76. The van der Waals surface area contributed by atoms with Gasteiger partial charge in [-0.2, -0.15) is 18.4 Å². The van der Waals surface area contributed by atoms with Crippen molar-refractivity contribution in [3.8, 4) is 6.07 Å². The first-order valence-corrected chi connectivity index (χ1v) is 3.64. The lowest BCUT2D eigenvalue weighted by Gasteiger charge is -2.12. The number of nitrogens with zero attached hydrogens (tertiary/aromatic N) is 2. The van der Waals surface area contributed by atoms with Crippen molar-refractivity contribution in [1.29, 1.82) is 5.26 Å². The molecular formula is C8H6F3N3. The Morgan fingerprint density at radius 1 is 1.50 bits per heavy atom. The Bertz CT molecular complexity index is 378. The van der Waals surface area contributed by atoms with Gasteiger partial charge < -0.3 is 5.32 Å². The second-order valence-electron chi connectivity index (χ2n) is 2.44. The molecule has 0 aliphatic carbocycles. The van der Waals surface area contributed by atoms with E-state index >= 15 is 0 Å². The monoisotopic (exact) mass is 201 g/mol. The minimum Gasteiger partial charge on any atom is -0.387 e. The average Bonchev–Trinajstić information content (AvgIpc) is 2.15. The molecule has 1 aromatic heterocycles. The molecule has 0 radical (unpaired) electrons. The summed E-state index contributed by atoms with van der Waals surface area (Å²) in [6.07, 6.45) is -3.42. The van der Waals surface area contributed by atoms with Crippen LogP contribution in [0.5, 0.6) is 0 Å². The molecule has 14 heavy (non-hydrogen) atoms. The molecule has 3 nitrogen and oxygen atoms in total. The molecule has 0 spiro atoms. The van der Waals surface area contributed by atoms with Crippen molar-refractivity contribution in [2.24, 2.45) is 0 Å². The molecule has 0 saturated carbocycles. The number of hydrogen-bond donors (Lipinski definition) is 1. The molecule has 1 N–H and O–H groups in total. The van der Waals surface area contributed by atoms with Crippen molar-refractivity contribution >= 4 is 5.69 Å². The van der Waals surface area contributed by atoms with Crippen molar-refractivity contribution in [3.63, 3.8) is 0 Å². The topological polar surface area (TPSA) is 48.7 Å². The Morgan fingerprint density at radius 3 is 2.57 bits per heavy atom.